The third-order valence-corrected chi connectivity index (χ3v) is 3.99. The van der Waals surface area contributed by atoms with Crippen LogP contribution in [0.1, 0.15) is 43.9 Å². The molecule has 0 amide bonds. The minimum absolute atomic E-state index is 0.164. The van der Waals surface area contributed by atoms with E-state index in [9.17, 15) is 0 Å². The first kappa shape index (κ1) is 12.7. The summed E-state index contributed by atoms with van der Waals surface area (Å²) in [7, 11) is 0. The van der Waals surface area contributed by atoms with Gasteiger partial charge in [0.2, 0.25) is 0 Å². The molecule has 0 spiro atoms. The van der Waals surface area contributed by atoms with Crippen molar-refractivity contribution in [3.8, 4) is 0 Å². The standard InChI is InChI=1S/C13H20BrN/c1-4-10(5-2)13(15)11-7-6-9(3)12(14)8-11/h6-8,10,13H,4-5,15H2,1-3H3. The van der Waals surface area contributed by atoms with Crippen LogP contribution in [-0.4, -0.2) is 0 Å². The smallest absolute Gasteiger partial charge is 0.0323 e. The first-order valence-electron chi connectivity index (χ1n) is 5.61. The predicted octanol–water partition coefficient (Wildman–Crippen LogP) is 4.19. The van der Waals surface area contributed by atoms with Gasteiger partial charge in [-0.1, -0.05) is 54.8 Å². The highest BCUT2D eigenvalue weighted by molar-refractivity contribution is 9.10. The van der Waals surface area contributed by atoms with E-state index in [1.54, 1.807) is 0 Å². The maximum Gasteiger partial charge on any atom is 0.0323 e. The second kappa shape index (κ2) is 5.66. The van der Waals surface area contributed by atoms with Gasteiger partial charge in [0.1, 0.15) is 0 Å². The van der Waals surface area contributed by atoms with Gasteiger partial charge in [-0.05, 0) is 30.0 Å². The van der Waals surface area contributed by atoms with Gasteiger partial charge in [0, 0.05) is 10.5 Å². The van der Waals surface area contributed by atoms with Crippen molar-refractivity contribution in [1.29, 1.82) is 0 Å². The lowest BCUT2D eigenvalue weighted by Gasteiger charge is -2.22. The molecule has 0 radical (unpaired) electrons. The van der Waals surface area contributed by atoms with Gasteiger partial charge in [0.15, 0.2) is 0 Å². The Kier molecular flexibility index (Phi) is 4.81. The summed E-state index contributed by atoms with van der Waals surface area (Å²) in [5, 5.41) is 0. The number of halogens is 1. The Bertz CT molecular complexity index is 318. The van der Waals surface area contributed by atoms with Crippen molar-refractivity contribution in [3.63, 3.8) is 0 Å². The monoisotopic (exact) mass is 269 g/mol. The van der Waals surface area contributed by atoms with Crippen LogP contribution in [0.2, 0.25) is 0 Å². The lowest BCUT2D eigenvalue weighted by molar-refractivity contribution is 0.405. The van der Waals surface area contributed by atoms with Crippen LogP contribution < -0.4 is 5.73 Å². The summed E-state index contributed by atoms with van der Waals surface area (Å²) in [6.07, 6.45) is 2.28. The zero-order valence-electron chi connectivity index (χ0n) is 9.76. The number of nitrogens with two attached hydrogens (primary N) is 1. The molecule has 0 aromatic heterocycles. The third-order valence-electron chi connectivity index (χ3n) is 3.14. The summed E-state index contributed by atoms with van der Waals surface area (Å²) in [4.78, 5) is 0. The number of benzene rings is 1. The van der Waals surface area contributed by atoms with Gasteiger partial charge in [-0.3, -0.25) is 0 Å². The van der Waals surface area contributed by atoms with E-state index in [0.29, 0.717) is 5.92 Å². The van der Waals surface area contributed by atoms with Crippen LogP contribution in [0.15, 0.2) is 22.7 Å². The molecule has 0 fully saturated rings. The van der Waals surface area contributed by atoms with Crippen LogP contribution in [0.25, 0.3) is 0 Å². The van der Waals surface area contributed by atoms with Gasteiger partial charge in [-0.25, -0.2) is 0 Å². The van der Waals surface area contributed by atoms with Crippen LogP contribution in [0.4, 0.5) is 0 Å². The Morgan fingerprint density at radius 1 is 1.27 bits per heavy atom. The number of aryl methyl sites for hydroxylation is 1. The van der Waals surface area contributed by atoms with Crippen molar-refractivity contribution >= 4 is 15.9 Å². The van der Waals surface area contributed by atoms with Crippen molar-refractivity contribution < 1.29 is 0 Å². The molecule has 2 heteroatoms. The topological polar surface area (TPSA) is 26.0 Å². The summed E-state index contributed by atoms with van der Waals surface area (Å²) in [6, 6.07) is 6.58. The molecule has 0 heterocycles. The third kappa shape index (κ3) is 3.05. The van der Waals surface area contributed by atoms with Gasteiger partial charge < -0.3 is 5.73 Å². The van der Waals surface area contributed by atoms with Gasteiger partial charge >= 0.3 is 0 Å². The highest BCUT2D eigenvalue weighted by Crippen LogP contribution is 2.28. The van der Waals surface area contributed by atoms with E-state index >= 15 is 0 Å². The average molecular weight is 270 g/mol. The zero-order valence-corrected chi connectivity index (χ0v) is 11.3. The lowest BCUT2D eigenvalue weighted by atomic mass is 9.89. The van der Waals surface area contributed by atoms with Gasteiger partial charge in [0.05, 0.1) is 0 Å². The summed E-state index contributed by atoms with van der Waals surface area (Å²) in [5.41, 5.74) is 8.76. The molecule has 1 atom stereocenters. The Balaban J connectivity index is 2.90. The van der Waals surface area contributed by atoms with Crippen LogP contribution in [0.5, 0.6) is 0 Å². The Labute approximate surface area is 101 Å². The van der Waals surface area contributed by atoms with E-state index in [2.05, 4.69) is 54.9 Å². The normalized spacial score (nSPS) is 13.2. The number of hydrogen-bond acceptors (Lipinski definition) is 1. The van der Waals surface area contributed by atoms with E-state index in [1.165, 1.54) is 11.1 Å². The van der Waals surface area contributed by atoms with Crippen molar-refractivity contribution in [3.05, 3.63) is 33.8 Å². The van der Waals surface area contributed by atoms with Gasteiger partial charge in [0.25, 0.3) is 0 Å². The number of hydrogen-bond donors (Lipinski definition) is 1. The molecule has 0 saturated heterocycles. The highest BCUT2D eigenvalue weighted by atomic mass is 79.9. The maximum absolute atomic E-state index is 6.26. The van der Waals surface area contributed by atoms with Crippen LogP contribution in [0, 0.1) is 12.8 Å². The van der Waals surface area contributed by atoms with E-state index < -0.39 is 0 Å². The minimum Gasteiger partial charge on any atom is -0.324 e. The Morgan fingerprint density at radius 2 is 1.87 bits per heavy atom. The Hall–Kier alpha value is -0.340. The minimum atomic E-state index is 0.164. The summed E-state index contributed by atoms with van der Waals surface area (Å²) >= 11 is 3.55. The summed E-state index contributed by atoms with van der Waals surface area (Å²) in [6.45, 7) is 6.50. The fourth-order valence-corrected chi connectivity index (χ4v) is 2.28. The van der Waals surface area contributed by atoms with Crippen LogP contribution >= 0.6 is 15.9 Å². The molecule has 0 aliphatic rings. The molecule has 1 rings (SSSR count). The molecule has 1 unspecified atom stereocenters. The molecule has 15 heavy (non-hydrogen) atoms. The Morgan fingerprint density at radius 3 is 2.33 bits per heavy atom. The molecule has 0 saturated carbocycles. The first-order chi connectivity index (χ1) is 7.10. The van der Waals surface area contributed by atoms with Crippen LogP contribution in [-0.2, 0) is 0 Å². The second-order valence-corrected chi connectivity index (χ2v) is 4.97. The molecular formula is C13H20BrN. The molecular weight excluding hydrogens is 250 g/mol. The SMILES string of the molecule is CCC(CC)C(N)c1ccc(C)c(Br)c1. The van der Waals surface area contributed by atoms with E-state index in [0.717, 1.165) is 17.3 Å². The highest BCUT2D eigenvalue weighted by Gasteiger charge is 2.16. The fourth-order valence-electron chi connectivity index (χ4n) is 1.89. The van der Waals surface area contributed by atoms with Gasteiger partial charge in [-0.15, -0.1) is 0 Å². The van der Waals surface area contributed by atoms with Crippen molar-refractivity contribution in [2.24, 2.45) is 11.7 Å². The number of rotatable bonds is 4. The summed E-state index contributed by atoms with van der Waals surface area (Å²) < 4.78 is 1.15. The van der Waals surface area contributed by atoms with E-state index in [4.69, 9.17) is 5.73 Å². The molecule has 2 N–H and O–H groups in total. The molecule has 1 aromatic rings. The molecule has 1 aromatic carbocycles. The van der Waals surface area contributed by atoms with E-state index in [-0.39, 0.29) is 6.04 Å². The second-order valence-electron chi connectivity index (χ2n) is 4.11. The van der Waals surface area contributed by atoms with Crippen molar-refractivity contribution in [2.75, 3.05) is 0 Å². The van der Waals surface area contributed by atoms with E-state index in [1.807, 2.05) is 0 Å². The lowest BCUT2D eigenvalue weighted by Crippen LogP contribution is -2.20. The first-order valence-corrected chi connectivity index (χ1v) is 6.41. The molecule has 84 valence electrons. The van der Waals surface area contributed by atoms with Crippen molar-refractivity contribution in [2.45, 2.75) is 39.7 Å². The molecule has 1 nitrogen and oxygen atoms in total. The fraction of sp³-hybridized carbons (Fsp3) is 0.538. The largest absolute Gasteiger partial charge is 0.324 e. The summed E-state index contributed by atoms with van der Waals surface area (Å²) in [5.74, 6) is 0.583. The van der Waals surface area contributed by atoms with Crippen molar-refractivity contribution in [1.82, 2.24) is 0 Å². The quantitative estimate of drug-likeness (QED) is 0.872. The molecule has 0 aliphatic carbocycles. The predicted molar refractivity (Wildman–Crippen MR) is 69.9 cm³/mol. The average Bonchev–Trinajstić information content (AvgIpc) is 2.23. The van der Waals surface area contributed by atoms with Crippen LogP contribution in [0.3, 0.4) is 0 Å². The molecule has 0 aliphatic heterocycles. The molecule has 0 bridgehead atoms. The van der Waals surface area contributed by atoms with Gasteiger partial charge in [-0.2, -0.15) is 0 Å². The zero-order chi connectivity index (χ0) is 11.4. The maximum atomic E-state index is 6.26.